The Kier molecular flexibility index (Phi) is 5.81. The summed E-state index contributed by atoms with van der Waals surface area (Å²) in [5.74, 6) is 1.46. The van der Waals surface area contributed by atoms with Crippen LogP contribution in [-0.4, -0.2) is 49.6 Å². The van der Waals surface area contributed by atoms with Gasteiger partial charge in [-0.25, -0.2) is 0 Å². The Morgan fingerprint density at radius 3 is 2.86 bits per heavy atom. The van der Waals surface area contributed by atoms with Crippen LogP contribution in [0.25, 0.3) is 0 Å². The molecule has 0 unspecified atom stereocenters. The number of piperidine rings is 1. The number of fused-ring (bicyclic) bond motifs is 1. The second-order valence-corrected chi connectivity index (χ2v) is 8.03. The highest BCUT2D eigenvalue weighted by molar-refractivity contribution is 7.12. The fourth-order valence-corrected chi connectivity index (χ4v) is 4.34. The number of nitrogens with one attached hydrogen (secondary N) is 1. The molecule has 2 aromatic rings. The van der Waals surface area contributed by atoms with Gasteiger partial charge in [-0.3, -0.25) is 9.59 Å². The lowest BCUT2D eigenvalue weighted by Gasteiger charge is -2.31. The third-order valence-electron chi connectivity index (χ3n) is 5.13. The normalized spacial score (nSPS) is 18.6. The third kappa shape index (κ3) is 4.30. The number of carbonyl (C=O) groups is 2. The van der Waals surface area contributed by atoms with Crippen molar-refractivity contribution in [1.29, 1.82) is 0 Å². The predicted octanol–water partition coefficient (Wildman–Crippen LogP) is 2.73. The monoisotopic (exact) mass is 400 g/mol. The minimum absolute atomic E-state index is 0.0289. The van der Waals surface area contributed by atoms with E-state index in [2.05, 4.69) is 5.32 Å². The van der Waals surface area contributed by atoms with Gasteiger partial charge in [-0.05, 0) is 48.4 Å². The van der Waals surface area contributed by atoms with Crippen LogP contribution in [0.15, 0.2) is 35.7 Å². The first-order chi connectivity index (χ1) is 13.7. The summed E-state index contributed by atoms with van der Waals surface area (Å²) < 4.78 is 11.1. The quantitative estimate of drug-likeness (QED) is 0.838. The Bertz CT molecular complexity index is 837. The predicted molar refractivity (Wildman–Crippen MR) is 107 cm³/mol. The number of amides is 2. The molecular weight excluding hydrogens is 376 g/mol. The fraction of sp³-hybridized carbons (Fsp3) is 0.429. The lowest BCUT2D eigenvalue weighted by Crippen LogP contribution is -2.45. The second-order valence-electron chi connectivity index (χ2n) is 7.09. The van der Waals surface area contributed by atoms with Gasteiger partial charge in [0.25, 0.3) is 5.91 Å². The molecule has 1 fully saturated rings. The van der Waals surface area contributed by atoms with E-state index in [1.807, 2.05) is 35.7 Å². The Hall–Kier alpha value is -2.54. The van der Waals surface area contributed by atoms with Gasteiger partial charge in [0.2, 0.25) is 5.91 Å². The van der Waals surface area contributed by atoms with E-state index in [1.165, 1.54) is 11.3 Å². The van der Waals surface area contributed by atoms with Crippen molar-refractivity contribution in [2.75, 3.05) is 32.8 Å². The van der Waals surface area contributed by atoms with E-state index in [9.17, 15) is 9.59 Å². The molecule has 28 heavy (non-hydrogen) atoms. The second kappa shape index (κ2) is 8.65. The lowest BCUT2D eigenvalue weighted by molar-refractivity contribution is -0.126. The van der Waals surface area contributed by atoms with Crippen molar-refractivity contribution >= 4 is 23.2 Å². The van der Waals surface area contributed by atoms with Crippen LogP contribution in [0.1, 0.15) is 28.1 Å². The minimum atomic E-state index is -0.141. The molecule has 7 heteroatoms. The maximum atomic E-state index is 12.6. The molecule has 0 saturated carbocycles. The Balaban J connectivity index is 1.27. The first-order valence-electron chi connectivity index (χ1n) is 9.70. The number of carbonyl (C=O) groups excluding carboxylic acids is 2. The Labute approximate surface area is 168 Å². The highest BCUT2D eigenvalue weighted by Gasteiger charge is 2.29. The summed E-state index contributed by atoms with van der Waals surface area (Å²) in [6.45, 7) is 2.92. The van der Waals surface area contributed by atoms with Gasteiger partial charge < -0.3 is 19.7 Å². The van der Waals surface area contributed by atoms with Crippen LogP contribution in [0.3, 0.4) is 0 Å². The highest BCUT2D eigenvalue weighted by atomic mass is 32.1. The molecule has 2 aliphatic heterocycles. The Morgan fingerprint density at radius 2 is 2.04 bits per heavy atom. The highest BCUT2D eigenvalue weighted by Crippen LogP contribution is 2.30. The van der Waals surface area contributed by atoms with Gasteiger partial charge in [0.1, 0.15) is 13.2 Å². The number of thiophene rings is 1. The molecule has 3 heterocycles. The molecule has 1 N–H and O–H groups in total. The summed E-state index contributed by atoms with van der Waals surface area (Å²) in [4.78, 5) is 27.7. The molecule has 2 aliphatic rings. The molecule has 2 amide bonds. The number of hydrogen-bond donors (Lipinski definition) is 1. The summed E-state index contributed by atoms with van der Waals surface area (Å²) in [7, 11) is 0. The standard InChI is InChI=1S/C21H24N2O4S/c24-20(16-3-1-9-23(14-16)21(25)19-4-2-12-28-19)22-8-7-15-5-6-17-18(13-15)27-11-10-26-17/h2,4-6,12-13,16H,1,3,7-11,14H2,(H,22,24)/t16-/m0/s1. The van der Waals surface area contributed by atoms with Crippen molar-refractivity contribution < 1.29 is 19.1 Å². The SMILES string of the molecule is O=C(NCCc1ccc2c(c1)OCCO2)[C@H]1CCCN(C(=O)c2cccs2)C1. The van der Waals surface area contributed by atoms with Crippen LogP contribution >= 0.6 is 11.3 Å². The van der Waals surface area contributed by atoms with E-state index < -0.39 is 0 Å². The first kappa shape index (κ1) is 18.8. The number of rotatable bonds is 5. The number of hydrogen-bond acceptors (Lipinski definition) is 5. The summed E-state index contributed by atoms with van der Waals surface area (Å²) in [5, 5.41) is 4.93. The molecule has 1 atom stereocenters. The third-order valence-corrected chi connectivity index (χ3v) is 5.99. The summed E-state index contributed by atoms with van der Waals surface area (Å²) in [5.41, 5.74) is 1.10. The number of likely N-dealkylation sites (tertiary alicyclic amines) is 1. The van der Waals surface area contributed by atoms with Crippen molar-refractivity contribution in [2.24, 2.45) is 5.92 Å². The molecule has 6 nitrogen and oxygen atoms in total. The average molecular weight is 401 g/mol. The average Bonchev–Trinajstić information content (AvgIpc) is 3.28. The van der Waals surface area contributed by atoms with Crippen molar-refractivity contribution in [3.63, 3.8) is 0 Å². The van der Waals surface area contributed by atoms with Crippen molar-refractivity contribution in [1.82, 2.24) is 10.2 Å². The van der Waals surface area contributed by atoms with Crippen LogP contribution in [0.4, 0.5) is 0 Å². The van der Waals surface area contributed by atoms with Gasteiger partial charge in [-0.2, -0.15) is 0 Å². The molecule has 1 saturated heterocycles. The zero-order valence-electron chi connectivity index (χ0n) is 15.7. The van der Waals surface area contributed by atoms with Crippen LogP contribution in [0.2, 0.25) is 0 Å². The fourth-order valence-electron chi connectivity index (χ4n) is 3.65. The zero-order valence-corrected chi connectivity index (χ0v) is 16.5. The smallest absolute Gasteiger partial charge is 0.263 e. The number of ether oxygens (including phenoxy) is 2. The Morgan fingerprint density at radius 1 is 1.18 bits per heavy atom. The van der Waals surface area contributed by atoms with Gasteiger partial charge in [0, 0.05) is 19.6 Å². The minimum Gasteiger partial charge on any atom is -0.486 e. The van der Waals surface area contributed by atoms with Gasteiger partial charge in [-0.1, -0.05) is 12.1 Å². The van der Waals surface area contributed by atoms with Gasteiger partial charge in [0.05, 0.1) is 10.8 Å². The zero-order chi connectivity index (χ0) is 19.3. The molecule has 0 bridgehead atoms. The van der Waals surface area contributed by atoms with Crippen LogP contribution in [-0.2, 0) is 11.2 Å². The van der Waals surface area contributed by atoms with E-state index >= 15 is 0 Å². The molecule has 0 aliphatic carbocycles. The first-order valence-corrected chi connectivity index (χ1v) is 10.6. The summed E-state index contributed by atoms with van der Waals surface area (Å²) >= 11 is 1.44. The van der Waals surface area contributed by atoms with E-state index in [0.29, 0.717) is 26.3 Å². The summed E-state index contributed by atoms with van der Waals surface area (Å²) in [6.07, 6.45) is 2.41. The van der Waals surface area contributed by atoms with E-state index in [0.717, 1.165) is 47.7 Å². The van der Waals surface area contributed by atoms with Gasteiger partial charge in [0.15, 0.2) is 11.5 Å². The van der Waals surface area contributed by atoms with Crippen LogP contribution in [0.5, 0.6) is 11.5 Å². The van der Waals surface area contributed by atoms with Gasteiger partial charge >= 0.3 is 0 Å². The van der Waals surface area contributed by atoms with E-state index in [-0.39, 0.29) is 17.7 Å². The molecular formula is C21H24N2O4S. The maximum Gasteiger partial charge on any atom is 0.263 e. The molecule has 1 aromatic heterocycles. The molecule has 4 rings (SSSR count). The van der Waals surface area contributed by atoms with Crippen molar-refractivity contribution in [3.8, 4) is 11.5 Å². The van der Waals surface area contributed by atoms with E-state index in [1.54, 1.807) is 4.90 Å². The van der Waals surface area contributed by atoms with Crippen LogP contribution < -0.4 is 14.8 Å². The molecule has 0 radical (unpaired) electrons. The van der Waals surface area contributed by atoms with Crippen LogP contribution in [0, 0.1) is 5.92 Å². The van der Waals surface area contributed by atoms with E-state index in [4.69, 9.17) is 9.47 Å². The van der Waals surface area contributed by atoms with Crippen molar-refractivity contribution in [2.45, 2.75) is 19.3 Å². The lowest BCUT2D eigenvalue weighted by atomic mass is 9.97. The largest absolute Gasteiger partial charge is 0.486 e. The van der Waals surface area contributed by atoms with Crippen molar-refractivity contribution in [3.05, 3.63) is 46.2 Å². The molecule has 148 valence electrons. The molecule has 0 spiro atoms. The topological polar surface area (TPSA) is 67.9 Å². The summed E-state index contributed by atoms with van der Waals surface area (Å²) in [6, 6.07) is 9.61. The number of nitrogens with zero attached hydrogens (tertiary/aromatic N) is 1. The molecule has 1 aromatic carbocycles. The maximum absolute atomic E-state index is 12.6. The number of benzene rings is 1. The van der Waals surface area contributed by atoms with Gasteiger partial charge in [-0.15, -0.1) is 11.3 Å².